The van der Waals surface area contributed by atoms with Crippen molar-refractivity contribution in [2.45, 2.75) is 65.0 Å². The number of rotatable bonds is 6. The number of nitrogens with one attached hydrogen (secondary N) is 1. The Bertz CT molecular complexity index is 764. The van der Waals surface area contributed by atoms with E-state index in [0.717, 1.165) is 36.2 Å². The van der Waals surface area contributed by atoms with Crippen molar-refractivity contribution < 1.29 is 4.74 Å². The van der Waals surface area contributed by atoms with Gasteiger partial charge in [0.25, 0.3) is 0 Å². The molecule has 0 aliphatic carbocycles. The fourth-order valence-corrected chi connectivity index (χ4v) is 3.38. The molecule has 28 heavy (non-hydrogen) atoms. The number of nitrogens with zero attached hydrogens (tertiary/aromatic N) is 4. The summed E-state index contributed by atoms with van der Waals surface area (Å²) in [7, 11) is 1.69. The molecule has 1 saturated heterocycles. The van der Waals surface area contributed by atoms with Crippen LogP contribution in [0.3, 0.4) is 0 Å². The molecular formula is C22H33N5O. The number of anilines is 2. The Labute approximate surface area is 168 Å². The average molecular weight is 384 g/mol. The summed E-state index contributed by atoms with van der Waals surface area (Å²) in [6, 6.07) is 6.23. The molecule has 0 unspecified atom stereocenters. The minimum atomic E-state index is -0.114. The van der Waals surface area contributed by atoms with Crippen molar-refractivity contribution in [2.24, 2.45) is 0 Å². The first-order valence-corrected chi connectivity index (χ1v) is 10.3. The molecule has 0 spiro atoms. The number of ether oxygens (including phenoxy) is 1. The van der Waals surface area contributed by atoms with Crippen molar-refractivity contribution in [1.29, 1.82) is 0 Å². The zero-order chi connectivity index (χ0) is 20.0. The molecule has 0 saturated carbocycles. The Morgan fingerprint density at radius 2 is 1.82 bits per heavy atom. The van der Waals surface area contributed by atoms with Gasteiger partial charge in [0.1, 0.15) is 17.5 Å². The summed E-state index contributed by atoms with van der Waals surface area (Å²) in [4.78, 5) is 16.4. The smallest absolute Gasteiger partial charge is 0.136 e. The maximum Gasteiger partial charge on any atom is 0.136 e. The van der Waals surface area contributed by atoms with Crippen molar-refractivity contribution in [2.75, 3.05) is 30.4 Å². The van der Waals surface area contributed by atoms with Gasteiger partial charge in [-0.15, -0.1) is 0 Å². The molecule has 0 bridgehead atoms. The highest BCUT2D eigenvalue weighted by molar-refractivity contribution is 5.43. The topological polar surface area (TPSA) is 63.2 Å². The molecule has 3 heterocycles. The molecule has 1 N–H and O–H groups in total. The van der Waals surface area contributed by atoms with E-state index in [2.05, 4.69) is 53.1 Å². The zero-order valence-corrected chi connectivity index (χ0v) is 17.7. The van der Waals surface area contributed by atoms with Crippen molar-refractivity contribution in [3.05, 3.63) is 41.5 Å². The first-order chi connectivity index (χ1) is 13.5. The molecule has 0 amide bonds. The fourth-order valence-electron chi connectivity index (χ4n) is 3.38. The van der Waals surface area contributed by atoms with Gasteiger partial charge in [0, 0.05) is 44.4 Å². The van der Waals surface area contributed by atoms with Crippen LogP contribution in [-0.2, 0) is 23.3 Å². The van der Waals surface area contributed by atoms with Crippen LogP contribution in [0, 0.1) is 0 Å². The Morgan fingerprint density at radius 1 is 1.07 bits per heavy atom. The first-order valence-electron chi connectivity index (χ1n) is 10.3. The molecule has 1 aliphatic heterocycles. The SMILES string of the molecule is COCc1cc(NCc2ccnc(N3CCCCCC3)c2)nc(C(C)(C)C)n1. The summed E-state index contributed by atoms with van der Waals surface area (Å²) in [5, 5.41) is 3.46. The lowest BCUT2D eigenvalue weighted by atomic mass is 9.95. The summed E-state index contributed by atoms with van der Waals surface area (Å²) >= 11 is 0. The van der Waals surface area contributed by atoms with Gasteiger partial charge in [-0.25, -0.2) is 15.0 Å². The van der Waals surface area contributed by atoms with E-state index in [1.807, 2.05) is 12.3 Å². The van der Waals surface area contributed by atoms with Gasteiger partial charge in [-0.2, -0.15) is 0 Å². The normalized spacial score (nSPS) is 15.4. The van der Waals surface area contributed by atoms with E-state index in [9.17, 15) is 0 Å². The molecule has 1 fully saturated rings. The molecule has 0 atom stereocenters. The quantitative estimate of drug-likeness (QED) is 0.802. The summed E-state index contributed by atoms with van der Waals surface area (Å²) in [6.45, 7) is 9.76. The Morgan fingerprint density at radius 3 is 2.50 bits per heavy atom. The molecule has 1 aliphatic rings. The lowest BCUT2D eigenvalue weighted by Gasteiger charge is -2.22. The largest absolute Gasteiger partial charge is 0.378 e. The van der Waals surface area contributed by atoms with E-state index in [4.69, 9.17) is 9.72 Å². The third-order valence-electron chi connectivity index (χ3n) is 4.96. The first kappa shape index (κ1) is 20.5. The third-order valence-corrected chi connectivity index (χ3v) is 4.96. The molecule has 3 rings (SSSR count). The van der Waals surface area contributed by atoms with Crippen LogP contribution in [0.5, 0.6) is 0 Å². The van der Waals surface area contributed by atoms with Crippen LogP contribution in [-0.4, -0.2) is 35.2 Å². The summed E-state index contributed by atoms with van der Waals surface area (Å²) in [5.41, 5.74) is 1.99. The second kappa shape index (κ2) is 9.32. The van der Waals surface area contributed by atoms with Crippen molar-refractivity contribution >= 4 is 11.6 Å². The molecule has 2 aromatic rings. The Kier molecular flexibility index (Phi) is 6.83. The van der Waals surface area contributed by atoms with Gasteiger partial charge in [0.05, 0.1) is 12.3 Å². The van der Waals surface area contributed by atoms with Gasteiger partial charge in [0.2, 0.25) is 0 Å². The van der Waals surface area contributed by atoms with Crippen LogP contribution in [0.1, 0.15) is 63.5 Å². The summed E-state index contributed by atoms with van der Waals surface area (Å²) < 4.78 is 5.27. The number of hydrogen-bond donors (Lipinski definition) is 1. The lowest BCUT2D eigenvalue weighted by molar-refractivity contribution is 0.181. The number of pyridine rings is 1. The van der Waals surface area contributed by atoms with Crippen molar-refractivity contribution in [3.8, 4) is 0 Å². The predicted octanol–water partition coefficient (Wildman–Crippen LogP) is 4.31. The van der Waals surface area contributed by atoms with Crippen molar-refractivity contribution in [1.82, 2.24) is 15.0 Å². The second-order valence-electron chi connectivity index (χ2n) is 8.53. The van der Waals surface area contributed by atoms with Gasteiger partial charge in [0.15, 0.2) is 0 Å². The van der Waals surface area contributed by atoms with Crippen LogP contribution in [0.25, 0.3) is 0 Å². The van der Waals surface area contributed by atoms with Crippen LogP contribution >= 0.6 is 0 Å². The van der Waals surface area contributed by atoms with Crippen molar-refractivity contribution in [3.63, 3.8) is 0 Å². The molecule has 6 heteroatoms. The Hall–Kier alpha value is -2.21. The molecule has 152 valence electrons. The average Bonchev–Trinajstić information content (AvgIpc) is 2.96. The zero-order valence-electron chi connectivity index (χ0n) is 17.7. The maximum absolute atomic E-state index is 5.27. The predicted molar refractivity (Wildman–Crippen MR) is 114 cm³/mol. The van der Waals surface area contributed by atoms with Gasteiger partial charge in [-0.05, 0) is 30.5 Å². The van der Waals surface area contributed by atoms with Crippen LogP contribution in [0.15, 0.2) is 24.4 Å². The second-order valence-corrected chi connectivity index (χ2v) is 8.53. The van der Waals surface area contributed by atoms with E-state index in [-0.39, 0.29) is 5.41 Å². The summed E-state index contributed by atoms with van der Waals surface area (Å²) in [5.74, 6) is 2.74. The minimum absolute atomic E-state index is 0.114. The van der Waals surface area contributed by atoms with Gasteiger partial charge < -0.3 is 15.0 Å². The standard InChI is InChI=1S/C22H33N5O/c1-22(2,3)21-25-18(16-28-4)14-19(26-21)24-15-17-9-10-23-20(13-17)27-11-7-5-6-8-12-27/h9-10,13-14H,5-8,11-12,15-16H2,1-4H3,(H,24,25,26). The van der Waals surface area contributed by atoms with Gasteiger partial charge in [-0.3, -0.25) is 0 Å². The van der Waals surface area contributed by atoms with Gasteiger partial charge >= 0.3 is 0 Å². The molecule has 2 aromatic heterocycles. The third kappa shape index (κ3) is 5.64. The minimum Gasteiger partial charge on any atom is -0.378 e. The highest BCUT2D eigenvalue weighted by Crippen LogP contribution is 2.22. The van der Waals surface area contributed by atoms with E-state index >= 15 is 0 Å². The number of aromatic nitrogens is 3. The molecule has 0 aromatic carbocycles. The lowest BCUT2D eigenvalue weighted by Crippen LogP contribution is -2.25. The van der Waals surface area contributed by atoms with E-state index < -0.39 is 0 Å². The van der Waals surface area contributed by atoms with E-state index in [1.54, 1.807) is 7.11 Å². The van der Waals surface area contributed by atoms with Crippen LogP contribution < -0.4 is 10.2 Å². The van der Waals surface area contributed by atoms with Crippen LogP contribution in [0.2, 0.25) is 0 Å². The highest BCUT2D eigenvalue weighted by atomic mass is 16.5. The number of methoxy groups -OCH3 is 1. The maximum atomic E-state index is 5.27. The highest BCUT2D eigenvalue weighted by Gasteiger charge is 2.19. The number of hydrogen-bond acceptors (Lipinski definition) is 6. The summed E-state index contributed by atoms with van der Waals surface area (Å²) in [6.07, 6.45) is 7.07. The fraction of sp³-hybridized carbons (Fsp3) is 0.591. The monoisotopic (exact) mass is 383 g/mol. The Balaban J connectivity index is 1.73. The van der Waals surface area contributed by atoms with E-state index in [0.29, 0.717) is 13.2 Å². The van der Waals surface area contributed by atoms with E-state index in [1.165, 1.54) is 31.2 Å². The molecule has 6 nitrogen and oxygen atoms in total. The van der Waals surface area contributed by atoms with Gasteiger partial charge in [-0.1, -0.05) is 33.6 Å². The van der Waals surface area contributed by atoms with Crippen LogP contribution in [0.4, 0.5) is 11.6 Å². The molecular weight excluding hydrogens is 350 g/mol. The molecule has 0 radical (unpaired) electrons.